The number of aryl methyl sites for hydroxylation is 1. The largest absolute Gasteiger partial charge is 0.421 e. The molecule has 0 spiro atoms. The van der Waals surface area contributed by atoms with Crippen LogP contribution in [0.1, 0.15) is 5.56 Å². The predicted molar refractivity (Wildman–Crippen MR) is 87.7 cm³/mol. The summed E-state index contributed by atoms with van der Waals surface area (Å²) in [6.45, 7) is 1.74. The molecule has 3 aromatic rings. The van der Waals surface area contributed by atoms with Crippen molar-refractivity contribution < 1.29 is 13.6 Å². The van der Waals surface area contributed by atoms with E-state index < -0.39 is 21.1 Å². The smallest absolute Gasteiger partial charge is 0.362 e. The molecular weight excluding hydrogens is 356 g/mol. The molecule has 0 aliphatic carbocycles. The fraction of sp³-hybridized carbons (Fsp3) is 0.0667. The van der Waals surface area contributed by atoms with E-state index in [0.717, 1.165) is 5.56 Å². The van der Waals surface area contributed by atoms with Gasteiger partial charge in [0, 0.05) is 0 Å². The van der Waals surface area contributed by atoms with Crippen LogP contribution in [0.25, 0.3) is 10.9 Å². The molecule has 0 saturated carbocycles. The van der Waals surface area contributed by atoms with Gasteiger partial charge in [-0.15, -0.1) is 0 Å². The van der Waals surface area contributed by atoms with Crippen LogP contribution in [0.3, 0.4) is 0 Å². The van der Waals surface area contributed by atoms with Crippen LogP contribution >= 0.6 is 11.6 Å². The Kier molecular flexibility index (Phi) is 3.73. The molecule has 0 radical (unpaired) electrons. The lowest BCUT2D eigenvalue weighted by atomic mass is 10.2. The fourth-order valence-electron chi connectivity index (χ4n) is 2.38. The molecule has 0 fully saturated rings. The summed E-state index contributed by atoms with van der Waals surface area (Å²) in [5.74, 6) is 0. The van der Waals surface area contributed by atoms with Gasteiger partial charge in [0.1, 0.15) is 0 Å². The Morgan fingerprint density at radius 2 is 1.88 bits per heavy atom. The van der Waals surface area contributed by atoms with E-state index in [2.05, 4.69) is 4.98 Å². The normalized spacial score (nSPS) is 11.8. The highest BCUT2D eigenvalue weighted by Crippen LogP contribution is 2.29. The van der Waals surface area contributed by atoms with Crippen molar-refractivity contribution >= 4 is 32.3 Å². The summed E-state index contributed by atoms with van der Waals surface area (Å²) in [5, 5.41) is 9.06. The Morgan fingerprint density at radius 3 is 2.54 bits per heavy atom. The topological polar surface area (TPSA) is 109 Å². The number of hydrogen-bond donors (Lipinski definition) is 2. The lowest BCUT2D eigenvalue weighted by Crippen LogP contribution is -2.33. The number of fused-ring (bicyclic) bond motifs is 1. The van der Waals surface area contributed by atoms with Gasteiger partial charge in [-0.25, -0.2) is 13.2 Å². The van der Waals surface area contributed by atoms with Crippen molar-refractivity contribution in [1.29, 1.82) is 0 Å². The molecule has 2 aromatic carbocycles. The number of nitrogens with one attached hydrogen (secondary N) is 1. The van der Waals surface area contributed by atoms with Gasteiger partial charge in [-0.2, -0.15) is 0 Å². The van der Waals surface area contributed by atoms with Gasteiger partial charge < -0.3 is 10.2 Å². The number of halogens is 1. The van der Waals surface area contributed by atoms with Crippen molar-refractivity contribution in [3.8, 4) is 0 Å². The average molecular weight is 367 g/mol. The van der Waals surface area contributed by atoms with Crippen LogP contribution in [0.15, 0.2) is 55.8 Å². The third-order valence-electron chi connectivity index (χ3n) is 3.54. The first-order valence-electron chi connectivity index (χ1n) is 6.72. The maximum atomic E-state index is 12.9. The minimum absolute atomic E-state index is 0.0140. The van der Waals surface area contributed by atoms with Gasteiger partial charge in [-0.1, -0.05) is 28.5 Å². The Morgan fingerprint density at radius 1 is 1.17 bits per heavy atom. The molecule has 0 aliphatic heterocycles. The maximum absolute atomic E-state index is 12.9. The molecule has 124 valence electrons. The van der Waals surface area contributed by atoms with Gasteiger partial charge in [0.25, 0.3) is 5.56 Å². The van der Waals surface area contributed by atoms with E-state index in [-0.39, 0.29) is 30.4 Å². The molecule has 1 heterocycles. The van der Waals surface area contributed by atoms with Gasteiger partial charge in [-0.05, 0) is 36.8 Å². The van der Waals surface area contributed by atoms with Crippen LogP contribution in [-0.4, -0.2) is 23.3 Å². The quantitative estimate of drug-likeness (QED) is 0.671. The molecule has 7 nitrogen and oxygen atoms in total. The molecule has 0 saturated heterocycles. The molecule has 0 aliphatic rings. The highest BCUT2D eigenvalue weighted by atomic mass is 35.5. The highest BCUT2D eigenvalue weighted by molar-refractivity contribution is 7.91. The standard InChI is InChI=1S/C15H11ClN2O5S/c1-8-3-2-4-9(7-8)24(22,23)11-6-5-10(16)12-13(11)17-15(20)18(21)14(12)19/h2-7,21H,1H3,(H,17,20). The molecule has 0 amide bonds. The molecule has 0 unspecified atom stereocenters. The van der Waals surface area contributed by atoms with Crippen LogP contribution in [0.2, 0.25) is 5.02 Å². The Bertz CT molecular complexity index is 1190. The number of nitrogens with zero attached hydrogens (tertiary/aromatic N) is 1. The molecule has 24 heavy (non-hydrogen) atoms. The molecule has 2 N–H and O–H groups in total. The number of rotatable bonds is 2. The van der Waals surface area contributed by atoms with E-state index in [1.165, 1.54) is 24.3 Å². The Labute approximate surface area is 140 Å². The minimum atomic E-state index is -4.01. The summed E-state index contributed by atoms with van der Waals surface area (Å²) < 4.78 is 25.6. The Balaban J connectivity index is 2.46. The first-order valence-corrected chi connectivity index (χ1v) is 8.58. The van der Waals surface area contributed by atoms with E-state index in [4.69, 9.17) is 11.6 Å². The highest BCUT2D eigenvalue weighted by Gasteiger charge is 2.24. The zero-order valence-electron chi connectivity index (χ0n) is 12.3. The van der Waals surface area contributed by atoms with Gasteiger partial charge in [0.15, 0.2) is 0 Å². The van der Waals surface area contributed by atoms with Crippen LogP contribution in [0, 0.1) is 6.92 Å². The van der Waals surface area contributed by atoms with Crippen molar-refractivity contribution in [3.63, 3.8) is 0 Å². The van der Waals surface area contributed by atoms with E-state index >= 15 is 0 Å². The lowest BCUT2D eigenvalue weighted by molar-refractivity contribution is 0.162. The Hall–Kier alpha value is -2.58. The van der Waals surface area contributed by atoms with Crippen LogP contribution < -0.4 is 11.2 Å². The summed E-state index contributed by atoms with van der Waals surface area (Å²) in [6, 6.07) is 8.65. The third kappa shape index (κ3) is 2.40. The number of aromatic amines is 1. The molecular formula is C15H11ClN2O5S. The number of aromatic nitrogens is 2. The van der Waals surface area contributed by atoms with E-state index in [0.29, 0.717) is 0 Å². The number of benzene rings is 2. The minimum Gasteiger partial charge on any atom is -0.421 e. The van der Waals surface area contributed by atoms with Crippen LogP contribution in [0.4, 0.5) is 0 Å². The molecule has 0 atom stereocenters. The summed E-state index contributed by atoms with van der Waals surface area (Å²) in [4.78, 5) is 25.6. The van der Waals surface area contributed by atoms with Gasteiger partial charge in [-0.3, -0.25) is 4.79 Å². The summed E-state index contributed by atoms with van der Waals surface area (Å²) in [7, 11) is -4.01. The van der Waals surface area contributed by atoms with Crippen molar-refractivity contribution in [2.45, 2.75) is 16.7 Å². The number of H-pyrrole nitrogens is 1. The summed E-state index contributed by atoms with van der Waals surface area (Å²) >= 11 is 5.94. The zero-order valence-corrected chi connectivity index (χ0v) is 13.9. The monoisotopic (exact) mass is 366 g/mol. The van der Waals surface area contributed by atoms with Crippen LogP contribution in [0.5, 0.6) is 0 Å². The first-order chi connectivity index (χ1) is 11.2. The average Bonchev–Trinajstić information content (AvgIpc) is 2.52. The molecule has 3 rings (SSSR count). The van der Waals surface area contributed by atoms with E-state index in [1.807, 2.05) is 0 Å². The second kappa shape index (κ2) is 5.50. The summed E-state index contributed by atoms with van der Waals surface area (Å²) in [6.07, 6.45) is 0. The van der Waals surface area contributed by atoms with Crippen molar-refractivity contribution in [2.24, 2.45) is 0 Å². The number of hydrogen-bond acceptors (Lipinski definition) is 5. The van der Waals surface area contributed by atoms with Gasteiger partial charge in [0.2, 0.25) is 9.84 Å². The first kappa shape index (κ1) is 16.3. The third-order valence-corrected chi connectivity index (χ3v) is 5.64. The van der Waals surface area contributed by atoms with Crippen molar-refractivity contribution in [1.82, 2.24) is 9.71 Å². The molecule has 1 aromatic heterocycles. The lowest BCUT2D eigenvalue weighted by Gasteiger charge is -2.10. The van der Waals surface area contributed by atoms with Crippen molar-refractivity contribution in [3.05, 3.63) is 67.8 Å². The van der Waals surface area contributed by atoms with Gasteiger partial charge in [0.05, 0.1) is 25.7 Å². The second-order valence-corrected chi connectivity index (χ2v) is 7.49. The van der Waals surface area contributed by atoms with E-state index in [9.17, 15) is 23.2 Å². The number of sulfone groups is 1. The van der Waals surface area contributed by atoms with Crippen molar-refractivity contribution in [2.75, 3.05) is 0 Å². The summed E-state index contributed by atoms with van der Waals surface area (Å²) in [5.41, 5.74) is -1.76. The molecule has 0 bridgehead atoms. The zero-order chi connectivity index (χ0) is 17.6. The van der Waals surface area contributed by atoms with Gasteiger partial charge >= 0.3 is 5.69 Å². The SMILES string of the molecule is Cc1cccc(S(=O)(=O)c2ccc(Cl)c3c(=O)n(O)c(=O)[nH]c23)c1. The molecule has 9 heteroatoms. The van der Waals surface area contributed by atoms with E-state index in [1.54, 1.807) is 19.1 Å². The fourth-order valence-corrected chi connectivity index (χ4v) is 4.14. The van der Waals surface area contributed by atoms with Crippen LogP contribution in [-0.2, 0) is 9.84 Å². The predicted octanol–water partition coefficient (Wildman–Crippen LogP) is 1.72. The maximum Gasteiger partial charge on any atom is 0.362 e. The second-order valence-electron chi connectivity index (χ2n) is 5.16.